The van der Waals surface area contributed by atoms with E-state index in [4.69, 9.17) is 0 Å². The van der Waals surface area contributed by atoms with Crippen LogP contribution in [-0.4, -0.2) is 71.5 Å². The van der Waals surface area contributed by atoms with Crippen molar-refractivity contribution in [2.45, 2.75) is 57.3 Å². The molecule has 0 unspecified atom stereocenters. The highest BCUT2D eigenvalue weighted by Crippen LogP contribution is 2.44. The van der Waals surface area contributed by atoms with Crippen molar-refractivity contribution in [3.63, 3.8) is 0 Å². The molecule has 6 aromatic rings. The van der Waals surface area contributed by atoms with E-state index in [0.29, 0.717) is 83.0 Å². The molecule has 0 aliphatic carbocycles. The van der Waals surface area contributed by atoms with Gasteiger partial charge in [-0.3, -0.25) is 0 Å². The standard InChI is InChI=1S/C46H46O14/c47-33-13-23(1-6-28(33)8-3-25-15-35(49)43(57)36(50)16-25)11-30(10-5-27-19-39(53)45(59)40(54)20-27)32(31-21-41(55)46(60)42(56)22-31)12-24-2-7-29(34(48)14-24)9-4-26-17-37(51)44(58)38(52)18-26/h1-2,6-7,13-22,30,32,47-60H,3-5,8-12H2/t30-,32-/m1/s1. The molecule has 6 aromatic carbocycles. The smallest absolute Gasteiger partial charge is 0.200 e. The molecule has 14 nitrogen and oxygen atoms in total. The van der Waals surface area contributed by atoms with E-state index in [1.165, 1.54) is 48.5 Å². The van der Waals surface area contributed by atoms with Gasteiger partial charge < -0.3 is 71.5 Å². The van der Waals surface area contributed by atoms with Gasteiger partial charge in [0.15, 0.2) is 69.0 Å². The number of benzene rings is 6. The SMILES string of the molecule is Oc1cc(C[C@@H](CCc2cc(O)c(O)c(O)c2)[C@@H](Cc2ccc(CCc3cc(O)c(O)c(O)c3)c(O)c2)c2cc(O)c(O)c(O)c2)ccc1CCc1cc(O)c(O)c(O)c1. The van der Waals surface area contributed by atoms with Crippen LogP contribution in [-0.2, 0) is 44.9 Å². The summed E-state index contributed by atoms with van der Waals surface area (Å²) < 4.78 is 0. The lowest BCUT2D eigenvalue weighted by Crippen LogP contribution is -2.19. The third-order valence-corrected chi connectivity index (χ3v) is 10.9. The molecule has 0 aliphatic rings. The van der Waals surface area contributed by atoms with E-state index >= 15 is 0 Å². The topological polar surface area (TPSA) is 283 Å². The van der Waals surface area contributed by atoms with Gasteiger partial charge in [-0.25, -0.2) is 0 Å². The third-order valence-electron chi connectivity index (χ3n) is 10.9. The number of phenols is 14. The number of aryl methyl sites for hydroxylation is 5. The average Bonchev–Trinajstić information content (AvgIpc) is 3.19. The van der Waals surface area contributed by atoms with Crippen LogP contribution in [0.1, 0.15) is 56.8 Å². The fourth-order valence-electron chi connectivity index (χ4n) is 7.62. The summed E-state index contributed by atoms with van der Waals surface area (Å²) in [5.74, 6) is -7.70. The second-order valence-corrected chi connectivity index (χ2v) is 15.1. The van der Waals surface area contributed by atoms with Crippen LogP contribution in [0.3, 0.4) is 0 Å². The Morgan fingerprint density at radius 3 is 0.983 bits per heavy atom. The molecular weight excluding hydrogens is 776 g/mol. The Morgan fingerprint density at radius 2 is 0.617 bits per heavy atom. The second-order valence-electron chi connectivity index (χ2n) is 15.1. The summed E-state index contributed by atoms with van der Waals surface area (Å²) in [7, 11) is 0. The maximum absolute atomic E-state index is 11.2. The molecule has 2 atom stereocenters. The summed E-state index contributed by atoms with van der Waals surface area (Å²) >= 11 is 0. The highest BCUT2D eigenvalue weighted by Gasteiger charge is 2.28. The Hall–Kier alpha value is -7.48. The van der Waals surface area contributed by atoms with Crippen molar-refractivity contribution in [2.24, 2.45) is 5.92 Å². The molecule has 14 N–H and O–H groups in total. The van der Waals surface area contributed by atoms with Gasteiger partial charge in [0.1, 0.15) is 11.5 Å². The van der Waals surface area contributed by atoms with Crippen molar-refractivity contribution in [2.75, 3.05) is 0 Å². The van der Waals surface area contributed by atoms with Gasteiger partial charge in [-0.15, -0.1) is 0 Å². The van der Waals surface area contributed by atoms with Gasteiger partial charge >= 0.3 is 0 Å². The fourth-order valence-corrected chi connectivity index (χ4v) is 7.62. The summed E-state index contributed by atoms with van der Waals surface area (Å²) in [4.78, 5) is 0. The van der Waals surface area contributed by atoms with E-state index in [1.54, 1.807) is 30.3 Å². The summed E-state index contributed by atoms with van der Waals surface area (Å²) in [6.45, 7) is 0. The number of aromatic hydroxyl groups is 14. The molecule has 0 heterocycles. The molecule has 0 bridgehead atoms. The molecule has 0 aromatic heterocycles. The number of hydrogen-bond acceptors (Lipinski definition) is 14. The van der Waals surface area contributed by atoms with Gasteiger partial charge in [-0.2, -0.15) is 0 Å². The summed E-state index contributed by atoms with van der Waals surface area (Å²) in [5, 5.41) is 143. The normalized spacial score (nSPS) is 12.3. The van der Waals surface area contributed by atoms with Gasteiger partial charge in [0.25, 0.3) is 0 Å². The lowest BCUT2D eigenvalue weighted by Gasteiger charge is -2.29. The molecule has 0 aliphatic heterocycles. The van der Waals surface area contributed by atoms with E-state index in [2.05, 4.69) is 0 Å². The van der Waals surface area contributed by atoms with Gasteiger partial charge in [-0.05, 0) is 168 Å². The maximum Gasteiger partial charge on any atom is 0.200 e. The van der Waals surface area contributed by atoms with Gasteiger partial charge in [-0.1, -0.05) is 24.3 Å². The molecule has 314 valence electrons. The predicted octanol–water partition coefficient (Wildman–Crippen LogP) is 6.95. The molecule has 0 saturated heterocycles. The number of rotatable bonds is 15. The Balaban J connectivity index is 1.32. The lowest BCUT2D eigenvalue weighted by molar-refractivity contribution is 0.357. The first-order valence-electron chi connectivity index (χ1n) is 19.0. The quantitative estimate of drug-likeness (QED) is 0.0467. The van der Waals surface area contributed by atoms with Crippen LogP contribution in [0.15, 0.2) is 84.9 Å². The fraction of sp³-hybridized carbons (Fsp3) is 0.217. The minimum absolute atomic E-state index is 0.0263. The van der Waals surface area contributed by atoms with Crippen molar-refractivity contribution in [3.05, 3.63) is 129 Å². The molecule has 60 heavy (non-hydrogen) atoms. The summed E-state index contributed by atoms with van der Waals surface area (Å²) in [6, 6.07) is 20.9. The van der Waals surface area contributed by atoms with Crippen molar-refractivity contribution in [1.29, 1.82) is 0 Å². The molecule has 0 saturated carbocycles. The highest BCUT2D eigenvalue weighted by atomic mass is 16.3. The van der Waals surface area contributed by atoms with E-state index < -0.39 is 80.8 Å². The van der Waals surface area contributed by atoms with Gasteiger partial charge in [0.2, 0.25) is 0 Å². The third kappa shape index (κ3) is 9.61. The zero-order valence-corrected chi connectivity index (χ0v) is 32.2. The Morgan fingerprint density at radius 1 is 0.300 bits per heavy atom. The van der Waals surface area contributed by atoms with Gasteiger partial charge in [0.05, 0.1) is 0 Å². The zero-order chi connectivity index (χ0) is 43.4. The summed E-state index contributed by atoms with van der Waals surface area (Å²) in [5.41, 5.74) is 4.44. The minimum atomic E-state index is -0.709. The largest absolute Gasteiger partial charge is 0.508 e. The van der Waals surface area contributed by atoms with Crippen molar-refractivity contribution in [3.8, 4) is 80.5 Å². The van der Waals surface area contributed by atoms with E-state index in [0.717, 1.165) is 0 Å². The van der Waals surface area contributed by atoms with Crippen LogP contribution in [0, 0.1) is 5.92 Å². The maximum atomic E-state index is 11.2. The van der Waals surface area contributed by atoms with Crippen LogP contribution < -0.4 is 0 Å². The average molecular weight is 823 g/mol. The monoisotopic (exact) mass is 822 g/mol. The molecule has 0 fully saturated rings. The predicted molar refractivity (Wildman–Crippen MR) is 219 cm³/mol. The van der Waals surface area contributed by atoms with Crippen LogP contribution in [0.5, 0.6) is 80.5 Å². The van der Waals surface area contributed by atoms with Crippen molar-refractivity contribution >= 4 is 0 Å². The molecule has 6 rings (SSSR count). The Kier molecular flexibility index (Phi) is 12.3. The highest BCUT2D eigenvalue weighted by molar-refractivity contribution is 5.55. The molecule has 14 heteroatoms. The van der Waals surface area contributed by atoms with Gasteiger partial charge in [0, 0.05) is 0 Å². The summed E-state index contributed by atoms with van der Waals surface area (Å²) in [6.07, 6.45) is 2.40. The first-order valence-corrected chi connectivity index (χ1v) is 19.0. The van der Waals surface area contributed by atoms with E-state index in [1.807, 2.05) is 6.07 Å². The van der Waals surface area contributed by atoms with E-state index in [-0.39, 0.29) is 24.3 Å². The minimum Gasteiger partial charge on any atom is -0.508 e. The Bertz CT molecular complexity index is 2440. The van der Waals surface area contributed by atoms with E-state index in [9.17, 15) is 71.5 Å². The van der Waals surface area contributed by atoms with Crippen LogP contribution >= 0.6 is 0 Å². The zero-order valence-electron chi connectivity index (χ0n) is 32.2. The first-order chi connectivity index (χ1) is 28.5. The molecular formula is C46H46O14. The van der Waals surface area contributed by atoms with Crippen LogP contribution in [0.4, 0.5) is 0 Å². The van der Waals surface area contributed by atoms with Crippen molar-refractivity contribution < 1.29 is 71.5 Å². The second kappa shape index (κ2) is 17.6. The molecule has 0 radical (unpaired) electrons. The lowest BCUT2D eigenvalue weighted by atomic mass is 9.75. The Labute approximate surface area is 343 Å². The first kappa shape index (κ1) is 42.1. The van der Waals surface area contributed by atoms with Crippen molar-refractivity contribution in [1.82, 2.24) is 0 Å². The number of phenolic OH excluding ortho intramolecular Hbond substituents is 14. The molecule has 0 amide bonds. The molecule has 0 spiro atoms. The van der Waals surface area contributed by atoms with Crippen LogP contribution in [0.25, 0.3) is 0 Å². The van der Waals surface area contributed by atoms with Crippen LogP contribution in [0.2, 0.25) is 0 Å². The number of hydrogen-bond donors (Lipinski definition) is 14.